The average molecular weight is 280 g/mol. The van der Waals surface area contributed by atoms with Gasteiger partial charge in [0.15, 0.2) is 0 Å². The van der Waals surface area contributed by atoms with Gasteiger partial charge in [-0.25, -0.2) is 4.39 Å². The number of hydrogen-bond donors (Lipinski definition) is 1. The summed E-state index contributed by atoms with van der Waals surface area (Å²) >= 11 is 5.72. The van der Waals surface area contributed by atoms with Gasteiger partial charge in [-0.15, -0.1) is 0 Å². The van der Waals surface area contributed by atoms with Gasteiger partial charge in [-0.1, -0.05) is 23.7 Å². The Morgan fingerprint density at radius 3 is 2.68 bits per heavy atom. The Hall–Kier alpha value is -1.74. The van der Waals surface area contributed by atoms with E-state index in [9.17, 15) is 4.39 Å². The molecule has 0 saturated carbocycles. The molecule has 0 aliphatic heterocycles. The van der Waals surface area contributed by atoms with Gasteiger partial charge in [0.05, 0.1) is 12.8 Å². The fraction of sp³-hybridized carbons (Fsp3) is 0.200. The Morgan fingerprint density at radius 2 is 2.00 bits per heavy atom. The first kappa shape index (κ1) is 13.7. The number of aryl methyl sites for hydroxylation is 1. The summed E-state index contributed by atoms with van der Waals surface area (Å²) in [7, 11) is 1.61. The highest BCUT2D eigenvalue weighted by molar-refractivity contribution is 6.30. The van der Waals surface area contributed by atoms with Gasteiger partial charge < -0.3 is 10.1 Å². The van der Waals surface area contributed by atoms with E-state index in [1.165, 1.54) is 6.07 Å². The van der Waals surface area contributed by atoms with E-state index in [0.29, 0.717) is 17.1 Å². The van der Waals surface area contributed by atoms with Gasteiger partial charge in [0.25, 0.3) is 0 Å². The molecule has 0 fully saturated rings. The normalized spacial score (nSPS) is 10.3. The average Bonchev–Trinajstić information content (AvgIpc) is 2.39. The van der Waals surface area contributed by atoms with Crippen LogP contribution in [0.2, 0.25) is 5.02 Å². The van der Waals surface area contributed by atoms with Crippen molar-refractivity contribution in [2.24, 2.45) is 0 Å². The molecule has 100 valence electrons. The van der Waals surface area contributed by atoms with Crippen molar-refractivity contribution in [3.63, 3.8) is 0 Å². The summed E-state index contributed by atoms with van der Waals surface area (Å²) in [4.78, 5) is 0. The maximum absolute atomic E-state index is 13.6. The van der Waals surface area contributed by atoms with Gasteiger partial charge in [-0.2, -0.15) is 0 Å². The summed E-state index contributed by atoms with van der Waals surface area (Å²) in [5.41, 5.74) is 2.51. The lowest BCUT2D eigenvalue weighted by Crippen LogP contribution is -2.03. The van der Waals surface area contributed by atoms with Gasteiger partial charge in [-0.05, 0) is 36.8 Å². The standard InChI is InChI=1S/C15H15ClFNO/c1-10-3-6-14(15(7-10)19-2)18-9-11-4-5-12(16)8-13(11)17/h3-8,18H,9H2,1-2H3. The number of rotatable bonds is 4. The first-order valence-corrected chi connectivity index (χ1v) is 6.30. The third kappa shape index (κ3) is 3.38. The second-order valence-corrected chi connectivity index (χ2v) is 4.73. The lowest BCUT2D eigenvalue weighted by atomic mass is 10.2. The summed E-state index contributed by atoms with van der Waals surface area (Å²) in [5.74, 6) is 0.431. The summed E-state index contributed by atoms with van der Waals surface area (Å²) < 4.78 is 18.9. The van der Waals surface area contributed by atoms with Gasteiger partial charge >= 0.3 is 0 Å². The van der Waals surface area contributed by atoms with Crippen molar-refractivity contribution in [3.05, 3.63) is 58.4 Å². The Bertz CT molecular complexity index is 586. The molecule has 2 aromatic carbocycles. The van der Waals surface area contributed by atoms with Crippen LogP contribution in [-0.2, 0) is 6.54 Å². The molecule has 0 unspecified atom stereocenters. The highest BCUT2D eigenvalue weighted by atomic mass is 35.5. The first-order chi connectivity index (χ1) is 9.10. The van der Waals surface area contributed by atoms with Crippen molar-refractivity contribution in [2.45, 2.75) is 13.5 Å². The summed E-state index contributed by atoms with van der Waals surface area (Å²) in [5, 5.41) is 3.56. The molecule has 0 atom stereocenters. The maximum atomic E-state index is 13.6. The predicted octanol–water partition coefficient (Wildman–Crippen LogP) is 4.41. The minimum Gasteiger partial charge on any atom is -0.495 e. The van der Waals surface area contributed by atoms with E-state index in [1.807, 2.05) is 25.1 Å². The molecule has 2 rings (SSSR count). The number of anilines is 1. The van der Waals surface area contributed by atoms with Crippen molar-refractivity contribution < 1.29 is 9.13 Å². The SMILES string of the molecule is COc1cc(C)ccc1NCc1ccc(Cl)cc1F. The minimum atomic E-state index is -0.314. The molecule has 19 heavy (non-hydrogen) atoms. The molecule has 2 aromatic rings. The first-order valence-electron chi connectivity index (χ1n) is 5.92. The van der Waals surface area contributed by atoms with E-state index in [0.717, 1.165) is 17.0 Å². The van der Waals surface area contributed by atoms with Crippen LogP contribution in [0.5, 0.6) is 5.75 Å². The Labute approximate surface area is 117 Å². The highest BCUT2D eigenvalue weighted by Gasteiger charge is 2.06. The van der Waals surface area contributed by atoms with Crippen molar-refractivity contribution in [3.8, 4) is 5.75 Å². The van der Waals surface area contributed by atoms with Crippen LogP contribution in [0.15, 0.2) is 36.4 Å². The van der Waals surface area contributed by atoms with E-state index in [2.05, 4.69) is 5.32 Å². The summed E-state index contributed by atoms with van der Waals surface area (Å²) in [6, 6.07) is 10.5. The molecule has 0 aliphatic carbocycles. The van der Waals surface area contributed by atoms with Gasteiger partial charge in [0.1, 0.15) is 11.6 Å². The largest absolute Gasteiger partial charge is 0.495 e. The smallest absolute Gasteiger partial charge is 0.142 e. The highest BCUT2D eigenvalue weighted by Crippen LogP contribution is 2.26. The third-order valence-corrected chi connectivity index (χ3v) is 3.08. The zero-order chi connectivity index (χ0) is 13.8. The quantitative estimate of drug-likeness (QED) is 0.895. The van der Waals surface area contributed by atoms with Crippen LogP contribution in [-0.4, -0.2) is 7.11 Å². The van der Waals surface area contributed by atoms with Crippen LogP contribution in [0.25, 0.3) is 0 Å². The maximum Gasteiger partial charge on any atom is 0.142 e. The molecule has 0 spiro atoms. The molecular weight excluding hydrogens is 265 g/mol. The molecule has 2 nitrogen and oxygen atoms in total. The van der Waals surface area contributed by atoms with Crippen LogP contribution >= 0.6 is 11.6 Å². The van der Waals surface area contributed by atoms with Crippen LogP contribution in [0.4, 0.5) is 10.1 Å². The molecule has 0 heterocycles. The molecule has 4 heteroatoms. The number of methoxy groups -OCH3 is 1. The Morgan fingerprint density at radius 1 is 1.21 bits per heavy atom. The lowest BCUT2D eigenvalue weighted by Gasteiger charge is -2.12. The molecule has 0 radical (unpaired) electrons. The van der Waals surface area contributed by atoms with Crippen LogP contribution in [0.3, 0.4) is 0 Å². The second-order valence-electron chi connectivity index (χ2n) is 4.29. The number of nitrogens with one attached hydrogen (secondary N) is 1. The van der Waals surface area contributed by atoms with E-state index in [4.69, 9.17) is 16.3 Å². The topological polar surface area (TPSA) is 21.3 Å². The van der Waals surface area contributed by atoms with E-state index in [1.54, 1.807) is 19.2 Å². The molecule has 0 saturated heterocycles. The summed E-state index contributed by atoms with van der Waals surface area (Å²) in [6.07, 6.45) is 0. The zero-order valence-electron chi connectivity index (χ0n) is 10.8. The van der Waals surface area contributed by atoms with E-state index in [-0.39, 0.29) is 5.82 Å². The van der Waals surface area contributed by atoms with Crippen LogP contribution < -0.4 is 10.1 Å². The number of hydrogen-bond acceptors (Lipinski definition) is 2. The fourth-order valence-corrected chi connectivity index (χ4v) is 1.96. The monoisotopic (exact) mass is 279 g/mol. The molecule has 0 bridgehead atoms. The fourth-order valence-electron chi connectivity index (χ4n) is 1.80. The molecule has 0 aliphatic rings. The number of halogens is 2. The number of ether oxygens (including phenoxy) is 1. The van der Waals surface area contributed by atoms with Crippen LogP contribution in [0.1, 0.15) is 11.1 Å². The van der Waals surface area contributed by atoms with Crippen molar-refractivity contribution in [1.82, 2.24) is 0 Å². The van der Waals surface area contributed by atoms with Crippen molar-refractivity contribution in [2.75, 3.05) is 12.4 Å². The Balaban J connectivity index is 2.14. The molecule has 0 aromatic heterocycles. The molecular formula is C15H15ClFNO. The predicted molar refractivity (Wildman–Crippen MR) is 76.5 cm³/mol. The van der Waals surface area contributed by atoms with Gasteiger partial charge in [0, 0.05) is 17.1 Å². The number of benzene rings is 2. The van der Waals surface area contributed by atoms with E-state index >= 15 is 0 Å². The minimum absolute atomic E-state index is 0.314. The van der Waals surface area contributed by atoms with E-state index < -0.39 is 0 Å². The van der Waals surface area contributed by atoms with Gasteiger partial charge in [0.2, 0.25) is 0 Å². The third-order valence-electron chi connectivity index (χ3n) is 2.84. The second kappa shape index (κ2) is 5.93. The lowest BCUT2D eigenvalue weighted by molar-refractivity contribution is 0.416. The summed E-state index contributed by atoms with van der Waals surface area (Å²) in [6.45, 7) is 2.37. The van der Waals surface area contributed by atoms with Crippen molar-refractivity contribution >= 4 is 17.3 Å². The Kier molecular flexibility index (Phi) is 4.27. The van der Waals surface area contributed by atoms with Crippen molar-refractivity contribution in [1.29, 1.82) is 0 Å². The van der Waals surface area contributed by atoms with Crippen LogP contribution in [0, 0.1) is 12.7 Å². The molecule has 1 N–H and O–H groups in total. The van der Waals surface area contributed by atoms with Gasteiger partial charge in [-0.3, -0.25) is 0 Å². The molecule has 0 amide bonds. The zero-order valence-corrected chi connectivity index (χ0v) is 11.6.